The summed E-state index contributed by atoms with van der Waals surface area (Å²) in [6.07, 6.45) is 2.99. The van der Waals surface area contributed by atoms with Crippen LogP contribution in [0.2, 0.25) is 0 Å². The maximum absolute atomic E-state index is 5.48. The standard InChI is InChI=1S/C14H23N3O/c1-3-15-12(2)13-5-6-16-14(11-13)17-7-4-9-18-10-8-17/h5-6,11-12,15H,3-4,7-10H2,1-2H3. The van der Waals surface area contributed by atoms with Crippen LogP contribution in [0.4, 0.5) is 5.82 Å². The van der Waals surface area contributed by atoms with Gasteiger partial charge in [0.05, 0.1) is 6.61 Å². The minimum absolute atomic E-state index is 0.375. The highest BCUT2D eigenvalue weighted by atomic mass is 16.5. The monoisotopic (exact) mass is 249 g/mol. The fourth-order valence-electron chi connectivity index (χ4n) is 2.28. The SMILES string of the molecule is CCNC(C)c1ccnc(N2CCCOCC2)c1. The number of pyridine rings is 1. The summed E-state index contributed by atoms with van der Waals surface area (Å²) in [5, 5.41) is 3.43. The van der Waals surface area contributed by atoms with Crippen LogP contribution in [0.25, 0.3) is 0 Å². The van der Waals surface area contributed by atoms with Gasteiger partial charge in [0.2, 0.25) is 0 Å². The van der Waals surface area contributed by atoms with Crippen LogP contribution in [-0.2, 0) is 4.74 Å². The van der Waals surface area contributed by atoms with E-state index in [4.69, 9.17) is 4.74 Å². The van der Waals surface area contributed by atoms with Gasteiger partial charge in [0, 0.05) is 31.9 Å². The van der Waals surface area contributed by atoms with E-state index < -0.39 is 0 Å². The highest BCUT2D eigenvalue weighted by Crippen LogP contribution is 2.19. The molecule has 1 aliphatic rings. The Kier molecular flexibility index (Phi) is 4.96. The second-order valence-electron chi connectivity index (χ2n) is 4.68. The Morgan fingerprint density at radius 1 is 1.44 bits per heavy atom. The third-order valence-electron chi connectivity index (χ3n) is 3.33. The molecule has 1 N–H and O–H groups in total. The highest BCUT2D eigenvalue weighted by molar-refractivity contribution is 5.41. The van der Waals surface area contributed by atoms with Crippen LogP contribution < -0.4 is 10.2 Å². The van der Waals surface area contributed by atoms with Gasteiger partial charge in [-0.3, -0.25) is 0 Å². The predicted molar refractivity (Wildman–Crippen MR) is 74.0 cm³/mol. The number of hydrogen-bond acceptors (Lipinski definition) is 4. The second-order valence-corrected chi connectivity index (χ2v) is 4.68. The van der Waals surface area contributed by atoms with Gasteiger partial charge in [0.15, 0.2) is 0 Å². The van der Waals surface area contributed by atoms with Crippen LogP contribution in [0.5, 0.6) is 0 Å². The van der Waals surface area contributed by atoms with Crippen LogP contribution in [0.3, 0.4) is 0 Å². The van der Waals surface area contributed by atoms with Crippen molar-refractivity contribution in [2.75, 3.05) is 37.7 Å². The first-order chi connectivity index (χ1) is 8.81. The van der Waals surface area contributed by atoms with Gasteiger partial charge in [0.1, 0.15) is 5.82 Å². The first kappa shape index (κ1) is 13.3. The van der Waals surface area contributed by atoms with Crippen LogP contribution in [0, 0.1) is 0 Å². The van der Waals surface area contributed by atoms with Crippen LogP contribution in [-0.4, -0.2) is 37.8 Å². The molecule has 1 atom stereocenters. The van der Waals surface area contributed by atoms with Gasteiger partial charge in [-0.05, 0) is 37.6 Å². The molecule has 0 aliphatic carbocycles. The molecular weight excluding hydrogens is 226 g/mol. The average Bonchev–Trinajstić information content (AvgIpc) is 2.68. The molecule has 1 unspecified atom stereocenters. The summed E-state index contributed by atoms with van der Waals surface area (Å²) in [7, 11) is 0. The van der Waals surface area contributed by atoms with Gasteiger partial charge in [-0.2, -0.15) is 0 Å². The molecule has 0 aromatic carbocycles. The van der Waals surface area contributed by atoms with E-state index in [1.165, 1.54) is 5.56 Å². The molecule has 2 heterocycles. The van der Waals surface area contributed by atoms with Crippen molar-refractivity contribution in [3.8, 4) is 0 Å². The number of nitrogens with one attached hydrogen (secondary N) is 1. The quantitative estimate of drug-likeness (QED) is 0.885. The Morgan fingerprint density at radius 2 is 2.33 bits per heavy atom. The molecule has 0 saturated carbocycles. The lowest BCUT2D eigenvalue weighted by Crippen LogP contribution is -2.27. The molecule has 1 aromatic rings. The zero-order valence-electron chi connectivity index (χ0n) is 11.4. The van der Waals surface area contributed by atoms with Crippen molar-refractivity contribution in [2.24, 2.45) is 0 Å². The third kappa shape index (κ3) is 3.43. The fourth-order valence-corrected chi connectivity index (χ4v) is 2.28. The minimum atomic E-state index is 0.375. The predicted octanol–water partition coefficient (Wildman–Crippen LogP) is 1.98. The van der Waals surface area contributed by atoms with Gasteiger partial charge in [-0.15, -0.1) is 0 Å². The summed E-state index contributed by atoms with van der Waals surface area (Å²) in [6, 6.07) is 4.66. The van der Waals surface area contributed by atoms with E-state index in [0.29, 0.717) is 6.04 Å². The van der Waals surface area contributed by atoms with E-state index in [9.17, 15) is 0 Å². The molecule has 18 heavy (non-hydrogen) atoms. The van der Waals surface area contributed by atoms with Crippen LogP contribution >= 0.6 is 0 Å². The van der Waals surface area contributed by atoms with Crippen molar-refractivity contribution in [1.29, 1.82) is 0 Å². The molecule has 0 radical (unpaired) electrons. The van der Waals surface area contributed by atoms with Gasteiger partial charge < -0.3 is 15.0 Å². The lowest BCUT2D eigenvalue weighted by Gasteiger charge is -2.22. The number of nitrogens with zero attached hydrogens (tertiary/aromatic N) is 2. The van der Waals surface area contributed by atoms with E-state index >= 15 is 0 Å². The van der Waals surface area contributed by atoms with Crippen LogP contribution in [0.15, 0.2) is 18.3 Å². The molecule has 4 nitrogen and oxygen atoms in total. The molecule has 4 heteroatoms. The molecule has 1 saturated heterocycles. The molecule has 1 aliphatic heterocycles. The Balaban J connectivity index is 2.10. The van der Waals surface area contributed by atoms with E-state index in [-0.39, 0.29) is 0 Å². The Hall–Kier alpha value is -1.13. The normalized spacial score (nSPS) is 18.4. The lowest BCUT2D eigenvalue weighted by molar-refractivity contribution is 0.152. The number of rotatable bonds is 4. The summed E-state index contributed by atoms with van der Waals surface area (Å²) in [5.41, 5.74) is 1.30. The smallest absolute Gasteiger partial charge is 0.128 e. The topological polar surface area (TPSA) is 37.4 Å². The molecule has 0 spiro atoms. The Labute approximate surface area is 109 Å². The summed E-state index contributed by atoms with van der Waals surface area (Å²) in [6.45, 7) is 8.94. The molecule has 100 valence electrons. The van der Waals surface area contributed by atoms with Crippen molar-refractivity contribution in [3.05, 3.63) is 23.9 Å². The van der Waals surface area contributed by atoms with E-state index in [0.717, 1.165) is 45.1 Å². The molecular formula is C14H23N3O. The Bertz CT molecular complexity index is 362. The molecule has 0 bridgehead atoms. The first-order valence-corrected chi connectivity index (χ1v) is 6.83. The zero-order valence-corrected chi connectivity index (χ0v) is 11.4. The van der Waals surface area contributed by atoms with Gasteiger partial charge >= 0.3 is 0 Å². The average molecular weight is 249 g/mol. The summed E-state index contributed by atoms with van der Waals surface area (Å²) >= 11 is 0. The number of anilines is 1. The molecule has 1 fully saturated rings. The van der Waals surface area contributed by atoms with E-state index in [1.54, 1.807) is 0 Å². The first-order valence-electron chi connectivity index (χ1n) is 6.83. The zero-order chi connectivity index (χ0) is 12.8. The van der Waals surface area contributed by atoms with Crippen molar-refractivity contribution in [1.82, 2.24) is 10.3 Å². The largest absolute Gasteiger partial charge is 0.380 e. The third-order valence-corrected chi connectivity index (χ3v) is 3.33. The van der Waals surface area contributed by atoms with Crippen molar-refractivity contribution in [3.63, 3.8) is 0 Å². The molecule has 0 amide bonds. The van der Waals surface area contributed by atoms with Crippen molar-refractivity contribution in [2.45, 2.75) is 26.3 Å². The maximum Gasteiger partial charge on any atom is 0.128 e. The minimum Gasteiger partial charge on any atom is -0.380 e. The van der Waals surface area contributed by atoms with Gasteiger partial charge in [0.25, 0.3) is 0 Å². The lowest BCUT2D eigenvalue weighted by atomic mass is 10.1. The van der Waals surface area contributed by atoms with Crippen molar-refractivity contribution >= 4 is 5.82 Å². The van der Waals surface area contributed by atoms with Gasteiger partial charge in [-0.25, -0.2) is 4.98 Å². The summed E-state index contributed by atoms with van der Waals surface area (Å²) in [5.74, 6) is 1.07. The van der Waals surface area contributed by atoms with Crippen molar-refractivity contribution < 1.29 is 4.74 Å². The Morgan fingerprint density at radius 3 is 3.17 bits per heavy atom. The van der Waals surface area contributed by atoms with E-state index in [1.807, 2.05) is 6.20 Å². The van der Waals surface area contributed by atoms with Gasteiger partial charge in [-0.1, -0.05) is 6.92 Å². The number of ether oxygens (including phenoxy) is 1. The van der Waals surface area contributed by atoms with Crippen LogP contribution in [0.1, 0.15) is 31.9 Å². The van der Waals surface area contributed by atoms with E-state index in [2.05, 4.69) is 41.2 Å². The highest BCUT2D eigenvalue weighted by Gasteiger charge is 2.12. The summed E-state index contributed by atoms with van der Waals surface area (Å²) in [4.78, 5) is 6.80. The summed E-state index contributed by atoms with van der Waals surface area (Å²) < 4.78 is 5.48. The maximum atomic E-state index is 5.48. The fraction of sp³-hybridized carbons (Fsp3) is 0.643. The molecule has 2 rings (SSSR count). The molecule has 1 aromatic heterocycles. The number of hydrogen-bond donors (Lipinski definition) is 1. The number of aromatic nitrogens is 1. The second kappa shape index (κ2) is 6.71.